The van der Waals surface area contributed by atoms with Gasteiger partial charge in [0.15, 0.2) is 0 Å². The van der Waals surface area contributed by atoms with Gasteiger partial charge in [-0.2, -0.15) is 0 Å². The minimum absolute atomic E-state index is 0.0908. The average molecular weight is 690 g/mol. The molecule has 3 amide bonds. The zero-order valence-corrected chi connectivity index (χ0v) is 27.8. The summed E-state index contributed by atoms with van der Waals surface area (Å²) >= 11 is 0. The highest BCUT2D eigenvalue weighted by atomic mass is 32.2. The third kappa shape index (κ3) is 7.12. The van der Waals surface area contributed by atoms with Crippen molar-refractivity contribution in [3.05, 3.63) is 78.8 Å². The molecule has 3 heterocycles. The van der Waals surface area contributed by atoms with Crippen LogP contribution in [0.2, 0.25) is 0 Å². The number of aromatic nitrogens is 1. The molecule has 2 aliphatic heterocycles. The topological polar surface area (TPSA) is 147 Å². The molecule has 3 fully saturated rings. The number of halogens is 1. The first-order valence-electron chi connectivity index (χ1n) is 17.0. The third-order valence-electron chi connectivity index (χ3n) is 9.91. The van der Waals surface area contributed by atoms with E-state index in [4.69, 9.17) is 4.74 Å². The number of nitrogens with one attached hydrogen (secondary N) is 3. The molecule has 0 unspecified atom stereocenters. The van der Waals surface area contributed by atoms with E-state index in [1.54, 1.807) is 24.4 Å². The summed E-state index contributed by atoms with van der Waals surface area (Å²) in [5.41, 5.74) is -0.268. The molecule has 0 radical (unpaired) electrons. The zero-order chi connectivity index (χ0) is 34.2. The van der Waals surface area contributed by atoms with E-state index in [1.165, 1.54) is 17.0 Å². The fourth-order valence-electron chi connectivity index (χ4n) is 6.98. The SMILES string of the molecule is O=C1N[C@]2(C(=O)NS(=O)(=O)C3CC3)C[C@H]2/C=C\CCCCC[C@H](Nc2cccc(F)c2)C(=O)N2C[C@H](Oc3ccnc4ccccc34)C[C@@H]12. The number of amides is 3. The lowest BCUT2D eigenvalue weighted by Gasteiger charge is -2.30. The van der Waals surface area contributed by atoms with Crippen LogP contribution in [0.3, 0.4) is 0 Å². The molecule has 0 bridgehead atoms. The molecule has 1 aromatic heterocycles. The van der Waals surface area contributed by atoms with Gasteiger partial charge in [-0.05, 0) is 74.9 Å². The fourth-order valence-corrected chi connectivity index (χ4v) is 8.34. The summed E-state index contributed by atoms with van der Waals surface area (Å²) < 4.78 is 48.4. The summed E-state index contributed by atoms with van der Waals surface area (Å²) in [4.78, 5) is 48.2. The largest absolute Gasteiger partial charge is 0.488 e. The Morgan fingerprint density at radius 2 is 1.88 bits per heavy atom. The molecule has 3 aromatic rings. The maximum absolute atomic E-state index is 14.4. The average Bonchev–Trinajstić information content (AvgIpc) is 4.00. The van der Waals surface area contributed by atoms with Gasteiger partial charge in [-0.25, -0.2) is 12.8 Å². The van der Waals surface area contributed by atoms with E-state index in [9.17, 15) is 27.2 Å². The number of nitrogens with zero attached hydrogens (tertiary/aromatic N) is 2. The van der Waals surface area contributed by atoms with Gasteiger partial charge in [-0.1, -0.05) is 43.2 Å². The van der Waals surface area contributed by atoms with Crippen molar-refractivity contribution in [1.29, 1.82) is 0 Å². The highest BCUT2D eigenvalue weighted by Crippen LogP contribution is 2.46. The Morgan fingerprint density at radius 3 is 2.69 bits per heavy atom. The van der Waals surface area contributed by atoms with Crippen molar-refractivity contribution in [2.75, 3.05) is 11.9 Å². The molecule has 2 aromatic carbocycles. The van der Waals surface area contributed by atoms with Crippen LogP contribution in [0.15, 0.2) is 72.9 Å². The van der Waals surface area contributed by atoms with Crippen LogP contribution in [0.4, 0.5) is 10.1 Å². The van der Waals surface area contributed by atoms with Crippen molar-refractivity contribution in [2.45, 2.75) is 86.8 Å². The number of pyridine rings is 1. The number of allylic oxidation sites excluding steroid dienone is 1. The third-order valence-corrected chi connectivity index (χ3v) is 11.7. The second-order valence-corrected chi connectivity index (χ2v) is 15.5. The molecule has 11 nitrogen and oxygen atoms in total. The molecular formula is C36H40FN5O6S. The lowest BCUT2D eigenvalue weighted by Crippen LogP contribution is -2.57. The van der Waals surface area contributed by atoms with Crippen molar-refractivity contribution in [1.82, 2.24) is 19.9 Å². The molecule has 258 valence electrons. The molecule has 49 heavy (non-hydrogen) atoms. The van der Waals surface area contributed by atoms with Gasteiger partial charge < -0.3 is 20.3 Å². The molecule has 1 saturated heterocycles. The van der Waals surface area contributed by atoms with Gasteiger partial charge in [0, 0.05) is 29.6 Å². The molecule has 5 atom stereocenters. The maximum atomic E-state index is 14.4. The highest BCUT2D eigenvalue weighted by Gasteiger charge is 2.62. The van der Waals surface area contributed by atoms with Crippen LogP contribution in [-0.4, -0.2) is 71.5 Å². The van der Waals surface area contributed by atoms with Crippen LogP contribution in [0.25, 0.3) is 10.9 Å². The predicted molar refractivity (Wildman–Crippen MR) is 181 cm³/mol. The first-order chi connectivity index (χ1) is 23.6. The number of hydrogen-bond donors (Lipinski definition) is 3. The summed E-state index contributed by atoms with van der Waals surface area (Å²) in [6.45, 7) is 0.0908. The summed E-state index contributed by atoms with van der Waals surface area (Å²) in [5.74, 6) is -1.93. The number of carbonyl (C=O) groups is 3. The minimum atomic E-state index is -3.86. The van der Waals surface area contributed by atoms with E-state index in [2.05, 4.69) is 20.3 Å². The Hall–Kier alpha value is -4.52. The second-order valence-electron chi connectivity index (χ2n) is 13.5. The van der Waals surface area contributed by atoms with Crippen LogP contribution in [0.5, 0.6) is 5.75 Å². The molecule has 13 heteroatoms. The second kappa shape index (κ2) is 13.4. The summed E-state index contributed by atoms with van der Waals surface area (Å²) in [5, 5.41) is 6.29. The van der Waals surface area contributed by atoms with Crippen LogP contribution in [-0.2, 0) is 24.4 Å². The molecule has 7 rings (SSSR count). The smallest absolute Gasteiger partial charge is 0.259 e. The van der Waals surface area contributed by atoms with E-state index in [0.717, 1.165) is 36.6 Å². The highest BCUT2D eigenvalue weighted by molar-refractivity contribution is 7.91. The lowest BCUT2D eigenvalue weighted by molar-refractivity contribution is -0.140. The molecular weight excluding hydrogens is 649 g/mol. The van der Waals surface area contributed by atoms with Gasteiger partial charge in [0.1, 0.15) is 35.3 Å². The van der Waals surface area contributed by atoms with E-state index < -0.39 is 56.6 Å². The number of fused-ring (bicyclic) bond motifs is 3. The molecule has 4 aliphatic rings. The molecule has 0 spiro atoms. The van der Waals surface area contributed by atoms with Gasteiger partial charge in [0.2, 0.25) is 21.8 Å². The number of rotatable bonds is 7. The van der Waals surface area contributed by atoms with Crippen LogP contribution < -0.4 is 20.1 Å². The summed E-state index contributed by atoms with van der Waals surface area (Å²) in [6, 6.07) is 13.4. The Morgan fingerprint density at radius 1 is 1.04 bits per heavy atom. The normalized spacial score (nSPS) is 28.3. The first kappa shape index (κ1) is 33.0. The van der Waals surface area contributed by atoms with E-state index >= 15 is 0 Å². The summed E-state index contributed by atoms with van der Waals surface area (Å²) in [7, 11) is -3.86. The Balaban J connectivity index is 1.20. The number of ether oxygens (including phenoxy) is 1. The monoisotopic (exact) mass is 689 g/mol. The molecule has 2 aliphatic carbocycles. The van der Waals surface area contributed by atoms with Crippen LogP contribution >= 0.6 is 0 Å². The fraction of sp³-hybridized carbons (Fsp3) is 0.444. The van der Waals surface area contributed by atoms with Gasteiger partial charge in [-0.15, -0.1) is 0 Å². The Bertz CT molecular complexity index is 1900. The van der Waals surface area contributed by atoms with E-state index in [0.29, 0.717) is 30.7 Å². The quantitative estimate of drug-likeness (QED) is 0.313. The van der Waals surface area contributed by atoms with E-state index in [-0.39, 0.29) is 31.2 Å². The maximum Gasteiger partial charge on any atom is 0.259 e. The molecule has 3 N–H and O–H groups in total. The van der Waals surface area contributed by atoms with Crippen molar-refractivity contribution in [2.24, 2.45) is 5.92 Å². The van der Waals surface area contributed by atoms with Crippen LogP contribution in [0.1, 0.15) is 57.8 Å². The number of para-hydroxylation sites is 1. The standard InChI is InChI=1S/C36H40FN5O6S/c37-24-10-8-11-25(19-24)39-30-14-5-3-1-2-4-9-23-21-36(23,35(45)41-49(46,47)27-15-16-27)40-33(43)31-20-26(22-42(31)34(30)44)48-32-17-18-38-29-13-7-6-12-28(29)32/h4,6-13,17-19,23,26-27,30-31,39H,1-3,5,14-16,20-22H2,(H,40,43)(H,41,45)/b9-4-/t23-,26-,30+,31+,36-/m1/s1. The number of sulfonamides is 1. The number of hydrogen-bond acceptors (Lipinski definition) is 8. The Kier molecular flexibility index (Phi) is 9.03. The Labute approximate surface area is 284 Å². The van der Waals surface area contributed by atoms with Crippen molar-refractivity contribution >= 4 is 44.3 Å². The van der Waals surface area contributed by atoms with Crippen molar-refractivity contribution < 1.29 is 31.9 Å². The van der Waals surface area contributed by atoms with Crippen molar-refractivity contribution in [3.63, 3.8) is 0 Å². The number of carbonyl (C=O) groups excluding carboxylic acids is 3. The van der Waals surface area contributed by atoms with Crippen LogP contribution in [0, 0.1) is 11.7 Å². The van der Waals surface area contributed by atoms with Gasteiger partial charge in [0.05, 0.1) is 17.3 Å². The predicted octanol–water partition coefficient (Wildman–Crippen LogP) is 4.21. The van der Waals surface area contributed by atoms with Crippen molar-refractivity contribution in [3.8, 4) is 5.75 Å². The van der Waals surface area contributed by atoms with Gasteiger partial charge in [0.25, 0.3) is 5.91 Å². The zero-order valence-electron chi connectivity index (χ0n) is 27.0. The first-order valence-corrected chi connectivity index (χ1v) is 18.6. The van der Waals surface area contributed by atoms with E-state index in [1.807, 2.05) is 36.4 Å². The molecule has 2 saturated carbocycles. The van der Waals surface area contributed by atoms with Gasteiger partial charge in [-0.3, -0.25) is 24.1 Å². The van der Waals surface area contributed by atoms with Gasteiger partial charge >= 0.3 is 0 Å². The number of anilines is 1. The lowest BCUT2D eigenvalue weighted by atomic mass is 10.0. The minimum Gasteiger partial charge on any atom is -0.488 e. The summed E-state index contributed by atoms with van der Waals surface area (Å²) in [6.07, 6.45) is 9.86. The number of benzene rings is 2.